The first-order valence-corrected chi connectivity index (χ1v) is 12.0. The average molecular weight is 497 g/mol. The molecule has 8 atom stereocenters. The third-order valence-electron chi connectivity index (χ3n) is 9.22. The fourth-order valence-corrected chi connectivity index (χ4v) is 7.64. The quantitative estimate of drug-likeness (QED) is 0.251. The first kappa shape index (κ1) is 28.1. The molecule has 0 saturated heterocycles. The van der Waals surface area contributed by atoms with E-state index in [1.165, 1.54) is 0 Å². The van der Waals surface area contributed by atoms with Crippen molar-refractivity contribution in [2.75, 3.05) is 0 Å². The van der Waals surface area contributed by atoms with Crippen LogP contribution < -0.4 is 29.6 Å². The van der Waals surface area contributed by atoms with Crippen LogP contribution in [0.15, 0.2) is 23.8 Å². The van der Waals surface area contributed by atoms with Gasteiger partial charge in [-0.2, -0.15) is 6.61 Å². The van der Waals surface area contributed by atoms with Crippen molar-refractivity contribution < 1.29 is 68.8 Å². The van der Waals surface area contributed by atoms with E-state index in [-0.39, 0.29) is 78.3 Å². The van der Waals surface area contributed by atoms with Crippen molar-refractivity contribution in [3.05, 3.63) is 30.4 Å². The second-order valence-corrected chi connectivity index (χ2v) is 11.0. The van der Waals surface area contributed by atoms with E-state index in [0.29, 0.717) is 13.0 Å². The van der Waals surface area contributed by atoms with Crippen molar-refractivity contribution >= 4 is 23.5 Å². The van der Waals surface area contributed by atoms with Crippen LogP contribution >= 0.6 is 0 Å². The van der Waals surface area contributed by atoms with E-state index in [2.05, 4.69) is 13.8 Å². The third-order valence-corrected chi connectivity index (χ3v) is 9.22. The Morgan fingerprint density at radius 1 is 1.23 bits per heavy atom. The predicted molar refractivity (Wildman–Crippen MR) is 120 cm³/mol. The Morgan fingerprint density at radius 3 is 2.57 bits per heavy atom. The summed E-state index contributed by atoms with van der Waals surface area (Å²) in [5.74, 6) is -2.76. The molecule has 3 N–H and O–H groups in total. The number of carbonyl (C=O) groups excluding carboxylic acids is 3. The van der Waals surface area contributed by atoms with Crippen LogP contribution in [0.25, 0.3) is 0 Å². The number of carbonyl (C=O) groups is 4. The molecule has 4 aliphatic rings. The van der Waals surface area contributed by atoms with Crippen molar-refractivity contribution in [1.29, 1.82) is 0 Å². The summed E-state index contributed by atoms with van der Waals surface area (Å²) in [7, 11) is 0. The van der Waals surface area contributed by atoms with Gasteiger partial charge >= 0.3 is 35.5 Å². The largest absolute Gasteiger partial charge is 1.00 e. The van der Waals surface area contributed by atoms with Crippen molar-refractivity contribution in [1.82, 2.24) is 0 Å². The average Bonchev–Trinajstić information content (AvgIpc) is 3.03. The summed E-state index contributed by atoms with van der Waals surface area (Å²) in [6.07, 6.45) is 5.36. The number of allylic oxidation sites excluding steroid dienone is 4. The maximum atomic E-state index is 13.1. The zero-order valence-electron chi connectivity index (χ0n) is 20.8. The predicted octanol–water partition coefficient (Wildman–Crippen LogP) is -0.615. The number of hydrogen-bond acceptors (Lipinski definition) is 7. The van der Waals surface area contributed by atoms with E-state index in [4.69, 9.17) is 9.84 Å². The van der Waals surface area contributed by atoms with E-state index >= 15 is 0 Å². The molecule has 0 radical (unpaired) electrons. The standard InChI is InChI=1S/C26H33O8.Na/c1-14-10-16-17-7-9-26(33,20(29)13-34-22(32)5-4-21(30)31)25(17,3)12-19(28)23(16)24(2)8-6-15(27)11-18(14)24;/h6,8,11,13-14,16-17,19,23,28,33H,4-5,7,9-10,12H2,1-3H3,(H,30,31);/q-1;+1/t14-,16-,17-,19?,23+,24-,25-,26-;/m0./s1. The molecule has 0 spiro atoms. The fourth-order valence-electron chi connectivity index (χ4n) is 7.64. The number of rotatable bonds is 6. The van der Waals surface area contributed by atoms with Gasteiger partial charge < -0.3 is 24.9 Å². The van der Waals surface area contributed by atoms with Gasteiger partial charge in [-0.3, -0.25) is 14.4 Å². The van der Waals surface area contributed by atoms with Crippen molar-refractivity contribution in [3.8, 4) is 0 Å². The molecule has 4 aliphatic carbocycles. The van der Waals surface area contributed by atoms with Crippen LogP contribution in [0.4, 0.5) is 0 Å². The Bertz CT molecular complexity index is 988. The van der Waals surface area contributed by atoms with Gasteiger partial charge in [0.25, 0.3) is 5.97 Å². The van der Waals surface area contributed by atoms with Gasteiger partial charge in [0, 0.05) is 16.7 Å². The topological polar surface area (TPSA) is 138 Å². The SMILES string of the molecule is C[C@H]1C[C@@H]2[C@H](C(O)C[C@@]3(C)[C@H]2CC[C@]3(O)C(=O)[CH-]OC(=O)CCC(=O)O)[C@@]2(C)C=CC(=O)C=C12.[Na+]. The summed E-state index contributed by atoms with van der Waals surface area (Å²) in [5.41, 5.74) is -2.14. The third kappa shape index (κ3) is 4.46. The zero-order chi connectivity index (χ0) is 25.1. The normalized spacial score (nSPS) is 41.5. The van der Waals surface area contributed by atoms with Crippen LogP contribution in [0.1, 0.15) is 59.3 Å². The molecule has 0 bridgehead atoms. The smallest absolute Gasteiger partial charge is 0.610 e. The number of carboxylic acid groups (broad SMARTS) is 1. The Labute approximate surface area is 227 Å². The molecule has 0 amide bonds. The summed E-state index contributed by atoms with van der Waals surface area (Å²) >= 11 is 0. The van der Waals surface area contributed by atoms with Gasteiger partial charge in [-0.05, 0) is 55.6 Å². The Kier molecular flexibility index (Phi) is 7.86. The molecule has 4 rings (SSSR count). The molecule has 9 heteroatoms. The number of ketones is 2. The van der Waals surface area contributed by atoms with Gasteiger partial charge in [0.15, 0.2) is 5.78 Å². The molecular formula is C26H33NaO8. The number of esters is 1. The number of aliphatic hydroxyl groups excluding tert-OH is 1. The maximum absolute atomic E-state index is 13.1. The minimum atomic E-state index is -1.80. The molecule has 3 fully saturated rings. The Morgan fingerprint density at radius 2 is 1.91 bits per heavy atom. The van der Waals surface area contributed by atoms with Crippen LogP contribution in [0.3, 0.4) is 0 Å². The second kappa shape index (κ2) is 9.78. The van der Waals surface area contributed by atoms with Crippen molar-refractivity contribution in [2.24, 2.45) is 34.5 Å². The molecule has 0 aliphatic heterocycles. The summed E-state index contributed by atoms with van der Waals surface area (Å²) < 4.78 is 4.86. The van der Waals surface area contributed by atoms with Crippen LogP contribution in [-0.2, 0) is 23.9 Å². The van der Waals surface area contributed by atoms with Crippen LogP contribution in [-0.4, -0.2) is 50.5 Å². The van der Waals surface area contributed by atoms with E-state index in [9.17, 15) is 29.4 Å². The van der Waals surface area contributed by atoms with E-state index in [0.717, 1.165) is 12.0 Å². The molecule has 35 heavy (non-hydrogen) atoms. The molecule has 1 unspecified atom stereocenters. The van der Waals surface area contributed by atoms with E-state index in [1.54, 1.807) is 12.2 Å². The first-order chi connectivity index (χ1) is 15.8. The number of aliphatic carboxylic acids is 1. The van der Waals surface area contributed by atoms with Crippen LogP contribution in [0.5, 0.6) is 0 Å². The minimum absolute atomic E-state index is 0. The molecule has 0 aromatic rings. The van der Waals surface area contributed by atoms with Gasteiger partial charge in [-0.15, -0.1) is 0 Å². The van der Waals surface area contributed by atoms with Gasteiger partial charge in [0.2, 0.25) is 0 Å². The molecular weight excluding hydrogens is 463 g/mol. The Hall–Kier alpha value is -1.45. The number of aliphatic hydroxyl groups is 2. The molecule has 0 heterocycles. The van der Waals surface area contributed by atoms with Crippen molar-refractivity contribution in [3.63, 3.8) is 0 Å². The number of carboxylic acids is 1. The second-order valence-electron chi connectivity index (χ2n) is 11.0. The first-order valence-electron chi connectivity index (χ1n) is 12.0. The summed E-state index contributed by atoms with van der Waals surface area (Å²) in [6.45, 7) is 6.69. The van der Waals surface area contributed by atoms with Gasteiger partial charge in [-0.25, -0.2) is 0 Å². The summed E-state index contributed by atoms with van der Waals surface area (Å²) in [6, 6.07) is 0. The monoisotopic (exact) mass is 496 g/mol. The van der Waals surface area contributed by atoms with Gasteiger partial charge in [0.1, 0.15) is 5.60 Å². The zero-order valence-corrected chi connectivity index (χ0v) is 22.8. The van der Waals surface area contributed by atoms with Crippen LogP contribution in [0, 0.1) is 41.1 Å². The molecule has 8 nitrogen and oxygen atoms in total. The number of Topliss-reactive ketones (excluding diaryl/α,β-unsaturated/α-hetero) is 1. The molecule has 3 saturated carbocycles. The summed E-state index contributed by atoms with van der Waals surface area (Å²) in [4.78, 5) is 47.6. The molecule has 186 valence electrons. The summed E-state index contributed by atoms with van der Waals surface area (Å²) in [5, 5.41) is 31.7. The van der Waals surface area contributed by atoms with E-state index < -0.39 is 46.7 Å². The number of hydrogen-bond donors (Lipinski definition) is 3. The van der Waals surface area contributed by atoms with Crippen LogP contribution in [0.2, 0.25) is 0 Å². The van der Waals surface area contributed by atoms with Crippen molar-refractivity contribution in [2.45, 2.75) is 71.0 Å². The molecule has 0 aromatic carbocycles. The Balaban J connectivity index is 0.00000342. The molecule has 0 aromatic heterocycles. The fraction of sp³-hybridized carbons (Fsp3) is 0.654. The van der Waals surface area contributed by atoms with E-state index in [1.807, 2.05) is 13.0 Å². The number of fused-ring (bicyclic) bond motifs is 5. The van der Waals surface area contributed by atoms with Gasteiger partial charge in [0.05, 0.1) is 24.7 Å². The van der Waals surface area contributed by atoms with Gasteiger partial charge in [-0.1, -0.05) is 32.4 Å². The number of ether oxygens (including phenoxy) is 1. The minimum Gasteiger partial charge on any atom is -0.610 e. The maximum Gasteiger partial charge on any atom is 1.00 e.